The summed E-state index contributed by atoms with van der Waals surface area (Å²) in [5, 5.41) is 0. The second kappa shape index (κ2) is 7.99. The highest BCUT2D eigenvalue weighted by Crippen LogP contribution is 2.23. The van der Waals surface area contributed by atoms with Gasteiger partial charge in [0.15, 0.2) is 0 Å². The number of carbonyl (C=O) groups excluding carboxylic acids is 1. The van der Waals surface area contributed by atoms with E-state index in [1.54, 1.807) is 0 Å². The van der Waals surface area contributed by atoms with E-state index in [1.165, 1.54) is 25.9 Å². The maximum Gasteiger partial charge on any atom is 0.224 e. The van der Waals surface area contributed by atoms with Gasteiger partial charge in [0.05, 0.1) is 0 Å². The van der Waals surface area contributed by atoms with Crippen LogP contribution in [0.15, 0.2) is 0 Å². The van der Waals surface area contributed by atoms with E-state index in [2.05, 4.69) is 16.7 Å². The van der Waals surface area contributed by atoms with Gasteiger partial charge >= 0.3 is 0 Å². The summed E-state index contributed by atoms with van der Waals surface area (Å²) < 4.78 is 0. The second-order valence-corrected chi connectivity index (χ2v) is 6.45. The van der Waals surface area contributed by atoms with Crippen molar-refractivity contribution in [1.29, 1.82) is 0 Å². The standard InChI is InChI=1S/C16H31N3O/c1-2-10-19(15-7-5-14(17)6-8-15)16(20)9-13-18-11-3-4-12-18/h14-15H,2-13,17H2,1H3. The van der Waals surface area contributed by atoms with E-state index < -0.39 is 0 Å². The van der Waals surface area contributed by atoms with Crippen LogP contribution < -0.4 is 5.73 Å². The van der Waals surface area contributed by atoms with E-state index >= 15 is 0 Å². The van der Waals surface area contributed by atoms with Crippen molar-refractivity contribution < 1.29 is 4.79 Å². The maximum absolute atomic E-state index is 12.5. The molecule has 20 heavy (non-hydrogen) atoms. The molecule has 1 saturated carbocycles. The molecule has 0 spiro atoms. The highest BCUT2D eigenvalue weighted by Gasteiger charge is 2.27. The van der Waals surface area contributed by atoms with Crippen LogP contribution in [0.2, 0.25) is 0 Å². The van der Waals surface area contributed by atoms with Crippen LogP contribution >= 0.6 is 0 Å². The van der Waals surface area contributed by atoms with Crippen molar-refractivity contribution in [1.82, 2.24) is 9.80 Å². The summed E-state index contributed by atoms with van der Waals surface area (Å²) in [6.45, 7) is 6.39. The summed E-state index contributed by atoms with van der Waals surface area (Å²) in [7, 11) is 0. The molecule has 4 heteroatoms. The van der Waals surface area contributed by atoms with Gasteiger partial charge in [-0.05, 0) is 58.0 Å². The lowest BCUT2D eigenvalue weighted by Crippen LogP contribution is -2.45. The Hall–Kier alpha value is -0.610. The fourth-order valence-corrected chi connectivity index (χ4v) is 3.57. The number of amides is 1. The summed E-state index contributed by atoms with van der Waals surface area (Å²) in [6.07, 6.45) is 8.68. The Balaban J connectivity index is 1.81. The number of nitrogens with two attached hydrogens (primary N) is 1. The van der Waals surface area contributed by atoms with Gasteiger partial charge in [0.2, 0.25) is 5.91 Å². The average Bonchev–Trinajstić information content (AvgIpc) is 2.97. The number of nitrogens with zero attached hydrogens (tertiary/aromatic N) is 2. The highest BCUT2D eigenvalue weighted by atomic mass is 16.2. The van der Waals surface area contributed by atoms with Gasteiger partial charge in [-0.3, -0.25) is 4.79 Å². The minimum atomic E-state index is 0.356. The van der Waals surface area contributed by atoms with E-state index in [9.17, 15) is 4.79 Å². The molecular weight excluding hydrogens is 250 g/mol. The zero-order chi connectivity index (χ0) is 14.4. The van der Waals surface area contributed by atoms with Gasteiger partial charge < -0.3 is 15.5 Å². The number of rotatable bonds is 6. The van der Waals surface area contributed by atoms with Crippen LogP contribution in [0.4, 0.5) is 0 Å². The van der Waals surface area contributed by atoms with Crippen LogP contribution in [0.25, 0.3) is 0 Å². The third-order valence-corrected chi connectivity index (χ3v) is 4.81. The van der Waals surface area contributed by atoms with Crippen LogP contribution in [0.1, 0.15) is 58.3 Å². The zero-order valence-corrected chi connectivity index (χ0v) is 13.0. The fourth-order valence-electron chi connectivity index (χ4n) is 3.57. The number of hydrogen-bond donors (Lipinski definition) is 1. The van der Waals surface area contributed by atoms with Gasteiger partial charge in [0.25, 0.3) is 0 Å². The molecule has 0 aromatic rings. The molecule has 116 valence electrons. The molecule has 2 fully saturated rings. The summed E-state index contributed by atoms with van der Waals surface area (Å²) in [4.78, 5) is 17.1. The molecule has 0 radical (unpaired) electrons. The molecular formula is C16H31N3O. The Bertz CT molecular complexity index is 294. The second-order valence-electron chi connectivity index (χ2n) is 6.45. The molecule has 4 nitrogen and oxygen atoms in total. The quantitative estimate of drug-likeness (QED) is 0.810. The van der Waals surface area contributed by atoms with Crippen molar-refractivity contribution in [3.05, 3.63) is 0 Å². The largest absolute Gasteiger partial charge is 0.340 e. The lowest BCUT2D eigenvalue weighted by Gasteiger charge is -2.36. The van der Waals surface area contributed by atoms with E-state index in [0.29, 0.717) is 24.4 Å². The number of likely N-dealkylation sites (tertiary alicyclic amines) is 1. The molecule has 1 heterocycles. The van der Waals surface area contributed by atoms with E-state index in [-0.39, 0.29) is 0 Å². The smallest absolute Gasteiger partial charge is 0.224 e. The van der Waals surface area contributed by atoms with Gasteiger partial charge in [-0.25, -0.2) is 0 Å². The Morgan fingerprint density at radius 2 is 1.85 bits per heavy atom. The predicted molar refractivity (Wildman–Crippen MR) is 82.5 cm³/mol. The van der Waals surface area contributed by atoms with Crippen molar-refractivity contribution in [2.75, 3.05) is 26.2 Å². The van der Waals surface area contributed by atoms with E-state index in [4.69, 9.17) is 5.73 Å². The molecule has 0 unspecified atom stereocenters. The molecule has 0 bridgehead atoms. The van der Waals surface area contributed by atoms with Gasteiger partial charge in [-0.1, -0.05) is 6.92 Å². The Morgan fingerprint density at radius 3 is 2.45 bits per heavy atom. The van der Waals surface area contributed by atoms with Gasteiger partial charge in [-0.2, -0.15) is 0 Å². The summed E-state index contributed by atoms with van der Waals surface area (Å²) in [5.41, 5.74) is 5.98. The first-order chi connectivity index (χ1) is 9.70. The highest BCUT2D eigenvalue weighted by molar-refractivity contribution is 5.76. The lowest BCUT2D eigenvalue weighted by molar-refractivity contribution is -0.134. The molecule has 0 aromatic carbocycles. The molecule has 1 saturated heterocycles. The Labute approximate surface area is 123 Å². The molecule has 2 aliphatic rings. The molecule has 1 amide bonds. The topological polar surface area (TPSA) is 49.6 Å². The normalized spacial score (nSPS) is 27.7. The summed E-state index contributed by atoms with van der Waals surface area (Å²) in [6, 6.07) is 0.801. The van der Waals surface area contributed by atoms with Crippen molar-refractivity contribution >= 4 is 5.91 Å². The van der Waals surface area contributed by atoms with Crippen LogP contribution in [0, 0.1) is 0 Å². The van der Waals surface area contributed by atoms with Gasteiger partial charge in [-0.15, -0.1) is 0 Å². The van der Waals surface area contributed by atoms with Crippen LogP contribution in [-0.4, -0.2) is 54.0 Å². The Morgan fingerprint density at radius 1 is 1.20 bits per heavy atom. The lowest BCUT2D eigenvalue weighted by atomic mass is 9.90. The van der Waals surface area contributed by atoms with Crippen LogP contribution in [0.5, 0.6) is 0 Å². The van der Waals surface area contributed by atoms with Crippen molar-refractivity contribution in [2.45, 2.75) is 70.4 Å². The van der Waals surface area contributed by atoms with Gasteiger partial charge in [0.1, 0.15) is 0 Å². The molecule has 1 aliphatic heterocycles. The van der Waals surface area contributed by atoms with Gasteiger partial charge in [0, 0.05) is 31.6 Å². The van der Waals surface area contributed by atoms with Crippen molar-refractivity contribution in [2.24, 2.45) is 5.73 Å². The SMILES string of the molecule is CCCN(C(=O)CCN1CCCC1)C1CCC(N)CC1. The maximum atomic E-state index is 12.5. The summed E-state index contributed by atoms with van der Waals surface area (Å²) in [5.74, 6) is 0.360. The van der Waals surface area contributed by atoms with Crippen molar-refractivity contribution in [3.63, 3.8) is 0 Å². The average molecular weight is 281 g/mol. The third kappa shape index (κ3) is 4.45. The Kier molecular flexibility index (Phi) is 6.30. The predicted octanol–water partition coefficient (Wildman–Crippen LogP) is 1.98. The molecule has 2 N–H and O–H groups in total. The first kappa shape index (κ1) is 15.8. The van der Waals surface area contributed by atoms with E-state index in [1.807, 2.05) is 0 Å². The van der Waals surface area contributed by atoms with Crippen molar-refractivity contribution in [3.8, 4) is 0 Å². The first-order valence-corrected chi connectivity index (χ1v) is 8.48. The number of hydrogen-bond acceptors (Lipinski definition) is 3. The fraction of sp³-hybridized carbons (Fsp3) is 0.938. The number of carbonyl (C=O) groups is 1. The van der Waals surface area contributed by atoms with E-state index in [0.717, 1.165) is 45.2 Å². The molecule has 0 aromatic heterocycles. The molecule has 0 atom stereocenters. The third-order valence-electron chi connectivity index (χ3n) is 4.81. The molecule has 2 rings (SSSR count). The first-order valence-electron chi connectivity index (χ1n) is 8.48. The minimum Gasteiger partial charge on any atom is -0.340 e. The summed E-state index contributed by atoms with van der Waals surface area (Å²) >= 11 is 0. The minimum absolute atomic E-state index is 0.356. The van der Waals surface area contributed by atoms with Crippen LogP contribution in [-0.2, 0) is 4.79 Å². The van der Waals surface area contributed by atoms with Crippen LogP contribution in [0.3, 0.4) is 0 Å². The zero-order valence-electron chi connectivity index (χ0n) is 13.0. The monoisotopic (exact) mass is 281 g/mol. The molecule has 1 aliphatic carbocycles.